The smallest absolute Gasteiger partial charge is 0.241 e. The standard InChI is InChI=1S/C17H26N2O2/c1-3-12-19-13-6-5-7-16(19)17(20)18-14-8-10-15(11-9-14)21-4-2/h8-11,16H,3-7,12-13H2,1-2H3,(H,18,20). The van der Waals surface area contributed by atoms with E-state index in [-0.39, 0.29) is 11.9 Å². The zero-order chi connectivity index (χ0) is 15.1. The second-order valence-electron chi connectivity index (χ2n) is 5.49. The van der Waals surface area contributed by atoms with Crippen molar-refractivity contribution in [2.45, 2.75) is 45.6 Å². The zero-order valence-corrected chi connectivity index (χ0v) is 13.1. The van der Waals surface area contributed by atoms with Crippen LogP contribution in [0, 0.1) is 0 Å². The lowest BCUT2D eigenvalue weighted by Crippen LogP contribution is -2.47. The molecule has 1 saturated heterocycles. The van der Waals surface area contributed by atoms with Gasteiger partial charge in [0.25, 0.3) is 0 Å². The van der Waals surface area contributed by atoms with Gasteiger partial charge in [-0.3, -0.25) is 9.69 Å². The van der Waals surface area contributed by atoms with Gasteiger partial charge in [0.2, 0.25) is 5.91 Å². The van der Waals surface area contributed by atoms with Crippen LogP contribution in [0.25, 0.3) is 0 Å². The molecule has 1 amide bonds. The van der Waals surface area contributed by atoms with E-state index in [1.165, 1.54) is 6.42 Å². The van der Waals surface area contributed by atoms with Gasteiger partial charge in [0.15, 0.2) is 0 Å². The summed E-state index contributed by atoms with van der Waals surface area (Å²) >= 11 is 0. The topological polar surface area (TPSA) is 41.6 Å². The monoisotopic (exact) mass is 290 g/mol. The number of nitrogens with one attached hydrogen (secondary N) is 1. The Morgan fingerprint density at radius 3 is 2.71 bits per heavy atom. The summed E-state index contributed by atoms with van der Waals surface area (Å²) in [5.41, 5.74) is 0.838. The Bertz CT molecular complexity index is 443. The average Bonchev–Trinajstić information content (AvgIpc) is 2.50. The van der Waals surface area contributed by atoms with Gasteiger partial charge in [-0.15, -0.1) is 0 Å². The Morgan fingerprint density at radius 1 is 1.29 bits per heavy atom. The summed E-state index contributed by atoms with van der Waals surface area (Å²) in [7, 11) is 0. The number of anilines is 1. The molecule has 1 aliphatic heterocycles. The normalized spacial score (nSPS) is 19.2. The quantitative estimate of drug-likeness (QED) is 0.874. The first-order chi connectivity index (χ1) is 10.2. The highest BCUT2D eigenvalue weighted by Gasteiger charge is 2.27. The molecule has 0 aliphatic carbocycles. The predicted octanol–water partition coefficient (Wildman–Crippen LogP) is 3.29. The van der Waals surface area contributed by atoms with Gasteiger partial charge in [0.05, 0.1) is 12.6 Å². The van der Waals surface area contributed by atoms with Crippen LogP contribution < -0.4 is 10.1 Å². The van der Waals surface area contributed by atoms with Crippen molar-refractivity contribution in [2.75, 3.05) is 25.0 Å². The van der Waals surface area contributed by atoms with E-state index >= 15 is 0 Å². The maximum absolute atomic E-state index is 12.5. The summed E-state index contributed by atoms with van der Waals surface area (Å²) in [6.45, 7) is 6.81. The molecule has 4 heteroatoms. The Morgan fingerprint density at radius 2 is 2.05 bits per heavy atom. The van der Waals surface area contributed by atoms with Crippen molar-refractivity contribution in [1.82, 2.24) is 4.90 Å². The van der Waals surface area contributed by atoms with Crippen molar-refractivity contribution >= 4 is 11.6 Å². The van der Waals surface area contributed by atoms with Crippen LogP contribution in [0.4, 0.5) is 5.69 Å². The van der Waals surface area contributed by atoms with Crippen molar-refractivity contribution in [1.29, 1.82) is 0 Å². The Kier molecular flexibility index (Phi) is 6.05. The van der Waals surface area contributed by atoms with Gasteiger partial charge in [-0.1, -0.05) is 13.3 Å². The first kappa shape index (κ1) is 15.8. The molecule has 1 aliphatic rings. The minimum Gasteiger partial charge on any atom is -0.494 e. The van der Waals surface area contributed by atoms with Gasteiger partial charge < -0.3 is 10.1 Å². The van der Waals surface area contributed by atoms with E-state index in [0.29, 0.717) is 6.61 Å². The number of carbonyl (C=O) groups excluding carboxylic acids is 1. The fourth-order valence-corrected chi connectivity index (χ4v) is 2.87. The number of hydrogen-bond acceptors (Lipinski definition) is 3. The van der Waals surface area contributed by atoms with Crippen LogP contribution >= 0.6 is 0 Å². The molecule has 2 rings (SSSR count). The Balaban J connectivity index is 1.95. The SMILES string of the molecule is CCCN1CCCCC1C(=O)Nc1ccc(OCC)cc1. The zero-order valence-electron chi connectivity index (χ0n) is 13.1. The lowest BCUT2D eigenvalue weighted by atomic mass is 10.0. The minimum absolute atomic E-state index is 0.0188. The number of benzene rings is 1. The number of amides is 1. The van der Waals surface area contributed by atoms with Gasteiger partial charge in [0.1, 0.15) is 5.75 Å². The van der Waals surface area contributed by atoms with Crippen LogP contribution in [0.2, 0.25) is 0 Å². The number of carbonyl (C=O) groups is 1. The van der Waals surface area contributed by atoms with E-state index in [2.05, 4.69) is 17.1 Å². The van der Waals surface area contributed by atoms with Crippen molar-refractivity contribution in [2.24, 2.45) is 0 Å². The number of ether oxygens (including phenoxy) is 1. The molecular formula is C17H26N2O2. The van der Waals surface area contributed by atoms with E-state index in [9.17, 15) is 4.79 Å². The fraction of sp³-hybridized carbons (Fsp3) is 0.588. The summed E-state index contributed by atoms with van der Waals surface area (Å²) in [5.74, 6) is 0.952. The average molecular weight is 290 g/mol. The van der Waals surface area contributed by atoms with E-state index in [1.807, 2.05) is 31.2 Å². The predicted molar refractivity (Wildman–Crippen MR) is 85.7 cm³/mol. The number of piperidine rings is 1. The van der Waals surface area contributed by atoms with E-state index in [4.69, 9.17) is 4.74 Å². The Labute approximate surface area is 127 Å². The molecule has 0 bridgehead atoms. The van der Waals surface area contributed by atoms with Crippen LogP contribution in [0.15, 0.2) is 24.3 Å². The molecule has 1 unspecified atom stereocenters. The second kappa shape index (κ2) is 8.03. The number of likely N-dealkylation sites (tertiary alicyclic amines) is 1. The highest BCUT2D eigenvalue weighted by Crippen LogP contribution is 2.20. The summed E-state index contributed by atoms with van der Waals surface area (Å²) in [5, 5.41) is 3.03. The summed E-state index contributed by atoms with van der Waals surface area (Å²) in [6, 6.07) is 7.60. The van der Waals surface area contributed by atoms with E-state index in [0.717, 1.165) is 43.8 Å². The molecule has 1 atom stereocenters. The molecule has 21 heavy (non-hydrogen) atoms. The van der Waals surface area contributed by atoms with Crippen molar-refractivity contribution < 1.29 is 9.53 Å². The fourth-order valence-electron chi connectivity index (χ4n) is 2.87. The number of hydrogen-bond donors (Lipinski definition) is 1. The molecular weight excluding hydrogens is 264 g/mol. The lowest BCUT2D eigenvalue weighted by Gasteiger charge is -2.34. The van der Waals surface area contributed by atoms with Crippen molar-refractivity contribution in [3.05, 3.63) is 24.3 Å². The van der Waals surface area contributed by atoms with Gasteiger partial charge in [0, 0.05) is 5.69 Å². The Hall–Kier alpha value is -1.55. The highest BCUT2D eigenvalue weighted by molar-refractivity contribution is 5.94. The molecule has 4 nitrogen and oxygen atoms in total. The van der Waals surface area contributed by atoms with Gasteiger partial charge >= 0.3 is 0 Å². The van der Waals surface area contributed by atoms with Gasteiger partial charge in [-0.05, 0) is 63.5 Å². The lowest BCUT2D eigenvalue weighted by molar-refractivity contribution is -0.122. The van der Waals surface area contributed by atoms with Crippen LogP contribution in [-0.2, 0) is 4.79 Å². The van der Waals surface area contributed by atoms with Crippen molar-refractivity contribution in [3.8, 4) is 5.75 Å². The maximum Gasteiger partial charge on any atom is 0.241 e. The van der Waals surface area contributed by atoms with Gasteiger partial charge in [-0.25, -0.2) is 0 Å². The molecule has 0 spiro atoms. The molecule has 116 valence electrons. The van der Waals surface area contributed by atoms with Gasteiger partial charge in [-0.2, -0.15) is 0 Å². The van der Waals surface area contributed by atoms with Crippen LogP contribution in [0.5, 0.6) is 5.75 Å². The molecule has 0 radical (unpaired) electrons. The molecule has 1 aromatic carbocycles. The second-order valence-corrected chi connectivity index (χ2v) is 5.49. The van der Waals surface area contributed by atoms with E-state index in [1.54, 1.807) is 0 Å². The minimum atomic E-state index is 0.0188. The maximum atomic E-state index is 12.5. The molecule has 1 heterocycles. The molecule has 0 saturated carbocycles. The van der Waals surface area contributed by atoms with Crippen LogP contribution in [-0.4, -0.2) is 36.5 Å². The van der Waals surface area contributed by atoms with Crippen LogP contribution in [0.1, 0.15) is 39.5 Å². The first-order valence-electron chi connectivity index (χ1n) is 8.02. The van der Waals surface area contributed by atoms with E-state index < -0.39 is 0 Å². The third-order valence-electron chi connectivity index (χ3n) is 3.86. The number of nitrogens with zero attached hydrogens (tertiary/aromatic N) is 1. The third-order valence-corrected chi connectivity index (χ3v) is 3.86. The number of rotatable bonds is 6. The largest absolute Gasteiger partial charge is 0.494 e. The molecule has 0 aromatic heterocycles. The summed E-state index contributed by atoms with van der Waals surface area (Å²) in [4.78, 5) is 14.8. The summed E-state index contributed by atoms with van der Waals surface area (Å²) in [6.07, 6.45) is 4.39. The van der Waals surface area contributed by atoms with Crippen LogP contribution in [0.3, 0.4) is 0 Å². The molecule has 1 aromatic rings. The molecule has 1 N–H and O–H groups in total. The highest BCUT2D eigenvalue weighted by atomic mass is 16.5. The third kappa shape index (κ3) is 4.46. The van der Waals surface area contributed by atoms with Crippen molar-refractivity contribution in [3.63, 3.8) is 0 Å². The molecule has 1 fully saturated rings. The first-order valence-corrected chi connectivity index (χ1v) is 8.02. The summed E-state index contributed by atoms with van der Waals surface area (Å²) < 4.78 is 5.41.